The lowest BCUT2D eigenvalue weighted by Gasteiger charge is -2.29. The van der Waals surface area contributed by atoms with E-state index in [1.54, 1.807) is 18.3 Å². The average molecular weight is 240 g/mol. The standard InChI is InChI=1S/C12H20N2OS/c1-9(15)11-8-16-12(13-11)6-10-4-3-5-14(2)7-10/h8-10,15H,3-7H2,1-2H3. The minimum atomic E-state index is -0.431. The van der Waals surface area contributed by atoms with E-state index in [0.717, 1.165) is 18.0 Å². The summed E-state index contributed by atoms with van der Waals surface area (Å²) in [5, 5.41) is 12.6. The lowest BCUT2D eigenvalue weighted by Crippen LogP contribution is -2.32. The summed E-state index contributed by atoms with van der Waals surface area (Å²) in [4.78, 5) is 6.88. The Kier molecular flexibility index (Phi) is 3.95. The Bertz CT molecular complexity index is 338. The number of piperidine rings is 1. The van der Waals surface area contributed by atoms with Crippen LogP contribution in [0.15, 0.2) is 5.38 Å². The van der Waals surface area contributed by atoms with Crippen molar-refractivity contribution in [2.45, 2.75) is 32.3 Å². The predicted octanol–water partition coefficient (Wildman–Crippen LogP) is 2.08. The first kappa shape index (κ1) is 12.0. The second-order valence-electron chi connectivity index (χ2n) is 4.82. The molecule has 1 aromatic heterocycles. The largest absolute Gasteiger partial charge is 0.387 e. The van der Waals surface area contributed by atoms with Gasteiger partial charge in [0.05, 0.1) is 16.8 Å². The first-order chi connectivity index (χ1) is 7.65. The molecular formula is C12H20N2OS. The topological polar surface area (TPSA) is 36.4 Å². The summed E-state index contributed by atoms with van der Waals surface area (Å²) in [7, 11) is 2.19. The van der Waals surface area contributed by atoms with Gasteiger partial charge in [0.15, 0.2) is 0 Å². The number of likely N-dealkylation sites (tertiary alicyclic amines) is 1. The van der Waals surface area contributed by atoms with Crippen molar-refractivity contribution >= 4 is 11.3 Å². The van der Waals surface area contributed by atoms with Crippen LogP contribution in [0.2, 0.25) is 0 Å². The zero-order valence-corrected chi connectivity index (χ0v) is 10.8. The molecule has 2 heterocycles. The highest BCUT2D eigenvalue weighted by Crippen LogP contribution is 2.23. The number of thiazole rings is 1. The number of rotatable bonds is 3. The van der Waals surface area contributed by atoms with Crippen LogP contribution in [0.25, 0.3) is 0 Å². The smallest absolute Gasteiger partial charge is 0.0940 e. The second kappa shape index (κ2) is 5.25. The molecule has 1 saturated heterocycles. The molecule has 1 aliphatic heterocycles. The Hall–Kier alpha value is -0.450. The SMILES string of the molecule is CC(O)c1csc(CC2CCCN(C)C2)n1. The van der Waals surface area contributed by atoms with Crippen molar-refractivity contribution in [1.82, 2.24) is 9.88 Å². The van der Waals surface area contributed by atoms with Gasteiger partial charge in [-0.2, -0.15) is 0 Å². The molecule has 1 fully saturated rings. The fourth-order valence-electron chi connectivity index (χ4n) is 2.30. The highest BCUT2D eigenvalue weighted by molar-refractivity contribution is 7.09. The molecule has 2 unspecified atom stereocenters. The van der Waals surface area contributed by atoms with E-state index >= 15 is 0 Å². The molecule has 1 N–H and O–H groups in total. The normalized spacial score (nSPS) is 24.6. The molecule has 16 heavy (non-hydrogen) atoms. The Morgan fingerprint density at radius 1 is 1.69 bits per heavy atom. The summed E-state index contributed by atoms with van der Waals surface area (Å²) in [6.07, 6.45) is 3.25. The summed E-state index contributed by atoms with van der Waals surface area (Å²) >= 11 is 1.68. The van der Waals surface area contributed by atoms with Gasteiger partial charge in [-0.3, -0.25) is 0 Å². The lowest BCUT2D eigenvalue weighted by atomic mass is 9.95. The van der Waals surface area contributed by atoms with Gasteiger partial charge in [-0.25, -0.2) is 4.98 Å². The quantitative estimate of drug-likeness (QED) is 0.879. The van der Waals surface area contributed by atoms with Gasteiger partial charge >= 0.3 is 0 Å². The molecule has 0 amide bonds. The van der Waals surface area contributed by atoms with Crippen molar-refractivity contribution in [3.05, 3.63) is 16.1 Å². The van der Waals surface area contributed by atoms with Gasteiger partial charge in [-0.05, 0) is 39.3 Å². The van der Waals surface area contributed by atoms with Crippen LogP contribution in [0.3, 0.4) is 0 Å². The zero-order chi connectivity index (χ0) is 11.5. The van der Waals surface area contributed by atoms with Crippen molar-refractivity contribution < 1.29 is 5.11 Å². The van der Waals surface area contributed by atoms with E-state index in [1.807, 2.05) is 5.38 Å². The molecule has 0 aliphatic carbocycles. The van der Waals surface area contributed by atoms with E-state index < -0.39 is 6.10 Å². The monoisotopic (exact) mass is 240 g/mol. The third kappa shape index (κ3) is 3.03. The van der Waals surface area contributed by atoms with Gasteiger partial charge in [0.2, 0.25) is 0 Å². The fourth-order valence-corrected chi connectivity index (χ4v) is 3.29. The molecule has 0 saturated carbocycles. The molecule has 1 aromatic rings. The fraction of sp³-hybridized carbons (Fsp3) is 0.750. The van der Waals surface area contributed by atoms with Gasteiger partial charge in [0, 0.05) is 18.3 Å². The zero-order valence-electron chi connectivity index (χ0n) is 10.0. The molecule has 3 nitrogen and oxygen atoms in total. The number of aliphatic hydroxyl groups excluding tert-OH is 1. The van der Waals surface area contributed by atoms with Crippen molar-refractivity contribution in [2.75, 3.05) is 20.1 Å². The minimum Gasteiger partial charge on any atom is -0.387 e. The predicted molar refractivity (Wildman–Crippen MR) is 66.7 cm³/mol. The number of nitrogens with zero attached hydrogens (tertiary/aromatic N) is 2. The van der Waals surface area contributed by atoms with E-state index in [9.17, 15) is 5.11 Å². The molecule has 0 radical (unpaired) electrons. The molecule has 1 aliphatic rings. The van der Waals surface area contributed by atoms with Crippen LogP contribution >= 0.6 is 11.3 Å². The minimum absolute atomic E-state index is 0.431. The van der Waals surface area contributed by atoms with E-state index in [2.05, 4.69) is 16.9 Å². The Morgan fingerprint density at radius 3 is 3.12 bits per heavy atom. The second-order valence-corrected chi connectivity index (χ2v) is 5.76. The molecular weight excluding hydrogens is 220 g/mol. The Morgan fingerprint density at radius 2 is 2.50 bits per heavy atom. The highest BCUT2D eigenvalue weighted by Gasteiger charge is 2.19. The van der Waals surface area contributed by atoms with E-state index in [0.29, 0.717) is 0 Å². The number of aromatic nitrogens is 1. The molecule has 4 heteroatoms. The van der Waals surface area contributed by atoms with Gasteiger partial charge in [-0.1, -0.05) is 0 Å². The molecule has 90 valence electrons. The third-order valence-corrected chi connectivity index (χ3v) is 4.07. The van der Waals surface area contributed by atoms with Gasteiger partial charge in [0.1, 0.15) is 0 Å². The molecule has 2 atom stereocenters. The Balaban J connectivity index is 1.92. The number of hydrogen-bond acceptors (Lipinski definition) is 4. The van der Waals surface area contributed by atoms with Crippen molar-refractivity contribution in [3.8, 4) is 0 Å². The van der Waals surface area contributed by atoms with Gasteiger partial charge in [-0.15, -0.1) is 11.3 Å². The molecule has 2 rings (SSSR count). The van der Waals surface area contributed by atoms with Crippen molar-refractivity contribution in [3.63, 3.8) is 0 Å². The number of hydrogen-bond donors (Lipinski definition) is 1. The number of aliphatic hydroxyl groups is 1. The summed E-state index contributed by atoms with van der Waals surface area (Å²) < 4.78 is 0. The summed E-state index contributed by atoms with van der Waals surface area (Å²) in [6.45, 7) is 4.18. The summed E-state index contributed by atoms with van der Waals surface area (Å²) in [5.41, 5.74) is 0.823. The van der Waals surface area contributed by atoms with Crippen LogP contribution in [-0.4, -0.2) is 35.1 Å². The van der Waals surface area contributed by atoms with Crippen LogP contribution in [0.1, 0.15) is 36.6 Å². The van der Waals surface area contributed by atoms with Gasteiger partial charge < -0.3 is 10.0 Å². The molecule has 0 spiro atoms. The third-order valence-electron chi connectivity index (χ3n) is 3.18. The first-order valence-electron chi connectivity index (χ1n) is 5.96. The summed E-state index contributed by atoms with van der Waals surface area (Å²) in [5.74, 6) is 0.742. The van der Waals surface area contributed by atoms with E-state index in [4.69, 9.17) is 0 Å². The highest BCUT2D eigenvalue weighted by atomic mass is 32.1. The van der Waals surface area contributed by atoms with Gasteiger partial charge in [0.25, 0.3) is 0 Å². The maximum atomic E-state index is 9.42. The lowest BCUT2D eigenvalue weighted by molar-refractivity contribution is 0.194. The van der Waals surface area contributed by atoms with E-state index in [1.165, 1.54) is 30.9 Å². The van der Waals surface area contributed by atoms with Crippen LogP contribution in [-0.2, 0) is 6.42 Å². The maximum absolute atomic E-state index is 9.42. The summed E-state index contributed by atoms with van der Waals surface area (Å²) in [6, 6.07) is 0. The first-order valence-corrected chi connectivity index (χ1v) is 6.84. The molecule has 0 aromatic carbocycles. The molecule has 0 bridgehead atoms. The Labute approximate surface area is 101 Å². The van der Waals surface area contributed by atoms with E-state index in [-0.39, 0.29) is 0 Å². The van der Waals surface area contributed by atoms with Crippen LogP contribution in [0.5, 0.6) is 0 Å². The maximum Gasteiger partial charge on any atom is 0.0940 e. The van der Waals surface area contributed by atoms with Crippen LogP contribution in [0, 0.1) is 5.92 Å². The van der Waals surface area contributed by atoms with Crippen LogP contribution in [0.4, 0.5) is 0 Å². The van der Waals surface area contributed by atoms with Crippen molar-refractivity contribution in [2.24, 2.45) is 5.92 Å². The average Bonchev–Trinajstić information content (AvgIpc) is 2.66. The van der Waals surface area contributed by atoms with Crippen LogP contribution < -0.4 is 0 Å². The van der Waals surface area contributed by atoms with Crippen molar-refractivity contribution in [1.29, 1.82) is 0 Å².